The standard InChI is InChI=1S/C18H24BrN5O2S/c1-11(18(2,3)25)22-16-15(19)10-21-17(24-16)23-12-4-6-13(7-5-12)27(20,26)14-8-9-14/h4-7,10-11,14,20,25H,8-9H2,1-3H3,(H2,21,22,23,24)/t11-,27+/m1/s1. The number of rotatable bonds is 7. The Morgan fingerprint density at radius 2 is 1.96 bits per heavy atom. The molecule has 0 radical (unpaired) electrons. The lowest BCUT2D eigenvalue weighted by Gasteiger charge is -2.27. The van der Waals surface area contributed by atoms with Gasteiger partial charge in [-0.2, -0.15) is 4.98 Å². The van der Waals surface area contributed by atoms with Crippen molar-refractivity contribution in [3.8, 4) is 0 Å². The summed E-state index contributed by atoms with van der Waals surface area (Å²) < 4.78 is 21.3. The van der Waals surface area contributed by atoms with E-state index in [4.69, 9.17) is 4.78 Å². The largest absolute Gasteiger partial charge is 0.388 e. The van der Waals surface area contributed by atoms with Gasteiger partial charge in [-0.25, -0.2) is 14.0 Å². The number of aromatic nitrogens is 2. The van der Waals surface area contributed by atoms with Crippen molar-refractivity contribution in [1.82, 2.24) is 9.97 Å². The second kappa shape index (κ2) is 7.37. The van der Waals surface area contributed by atoms with Crippen LogP contribution in [0.1, 0.15) is 33.6 Å². The van der Waals surface area contributed by atoms with E-state index in [1.807, 2.05) is 6.92 Å². The molecule has 0 aliphatic heterocycles. The summed E-state index contributed by atoms with van der Waals surface area (Å²) in [5.41, 5.74) is -0.160. The summed E-state index contributed by atoms with van der Waals surface area (Å²) in [6.07, 6.45) is 3.37. The van der Waals surface area contributed by atoms with Crippen LogP contribution in [0.3, 0.4) is 0 Å². The fraction of sp³-hybridized carbons (Fsp3) is 0.444. The zero-order chi connectivity index (χ0) is 19.8. The molecule has 2 aromatic rings. The number of hydrogen-bond donors (Lipinski definition) is 4. The molecule has 0 amide bonds. The highest BCUT2D eigenvalue weighted by molar-refractivity contribution is 9.10. The molecule has 0 saturated heterocycles. The first-order valence-corrected chi connectivity index (χ1v) is 11.1. The van der Waals surface area contributed by atoms with Crippen molar-refractivity contribution in [3.63, 3.8) is 0 Å². The molecule has 1 fully saturated rings. The molecule has 1 aliphatic carbocycles. The molecule has 0 unspecified atom stereocenters. The van der Waals surface area contributed by atoms with E-state index < -0.39 is 15.3 Å². The number of halogens is 1. The van der Waals surface area contributed by atoms with Crippen LogP contribution >= 0.6 is 15.9 Å². The van der Waals surface area contributed by atoms with Gasteiger partial charge in [0.05, 0.1) is 25.8 Å². The molecule has 1 aromatic carbocycles. The lowest BCUT2D eigenvalue weighted by molar-refractivity contribution is 0.0647. The monoisotopic (exact) mass is 453 g/mol. The van der Waals surface area contributed by atoms with Crippen molar-refractivity contribution < 1.29 is 9.32 Å². The number of nitrogens with one attached hydrogen (secondary N) is 3. The van der Waals surface area contributed by atoms with Crippen LogP contribution < -0.4 is 10.6 Å². The summed E-state index contributed by atoms with van der Waals surface area (Å²) in [6.45, 7) is 5.33. The third-order valence-electron chi connectivity index (χ3n) is 4.61. The van der Waals surface area contributed by atoms with E-state index in [0.29, 0.717) is 21.1 Å². The molecule has 1 aliphatic rings. The van der Waals surface area contributed by atoms with Gasteiger partial charge in [0.15, 0.2) is 0 Å². The Bertz CT molecular complexity index is 922. The molecule has 2 atom stereocenters. The van der Waals surface area contributed by atoms with Crippen LogP contribution in [0.5, 0.6) is 0 Å². The van der Waals surface area contributed by atoms with Gasteiger partial charge >= 0.3 is 0 Å². The molecule has 0 bridgehead atoms. The van der Waals surface area contributed by atoms with E-state index >= 15 is 0 Å². The van der Waals surface area contributed by atoms with Crippen LogP contribution in [-0.2, 0) is 9.73 Å². The quantitative estimate of drug-likeness (QED) is 0.501. The number of nitrogens with zero attached hydrogens (tertiary/aromatic N) is 2. The zero-order valence-electron chi connectivity index (χ0n) is 15.5. The first kappa shape index (κ1) is 20.0. The topological polar surface area (TPSA) is 111 Å². The maximum Gasteiger partial charge on any atom is 0.229 e. The van der Waals surface area contributed by atoms with Gasteiger partial charge in [-0.05, 0) is 73.8 Å². The van der Waals surface area contributed by atoms with E-state index in [2.05, 4.69) is 36.5 Å². The van der Waals surface area contributed by atoms with Crippen molar-refractivity contribution >= 4 is 43.1 Å². The Balaban J connectivity index is 1.75. The molecule has 1 heterocycles. The van der Waals surface area contributed by atoms with E-state index in [9.17, 15) is 9.32 Å². The lowest BCUT2D eigenvalue weighted by Crippen LogP contribution is -2.39. The smallest absolute Gasteiger partial charge is 0.229 e. The summed E-state index contributed by atoms with van der Waals surface area (Å²) in [4.78, 5) is 9.26. The maximum atomic E-state index is 12.5. The van der Waals surface area contributed by atoms with E-state index in [1.165, 1.54) is 0 Å². The van der Waals surface area contributed by atoms with Crippen molar-refractivity contribution in [2.24, 2.45) is 0 Å². The van der Waals surface area contributed by atoms with Gasteiger partial charge in [0.1, 0.15) is 5.82 Å². The highest BCUT2D eigenvalue weighted by Crippen LogP contribution is 2.34. The molecule has 1 saturated carbocycles. The maximum absolute atomic E-state index is 12.5. The SMILES string of the molecule is C[C@@H](Nc1nc(Nc2ccc([S@](=N)(=O)C3CC3)cc2)ncc1Br)C(C)(C)O. The van der Waals surface area contributed by atoms with Crippen LogP contribution in [0.25, 0.3) is 0 Å². The Morgan fingerprint density at radius 1 is 1.33 bits per heavy atom. The predicted octanol–water partition coefficient (Wildman–Crippen LogP) is 4.12. The van der Waals surface area contributed by atoms with Crippen molar-refractivity contribution in [2.45, 2.75) is 55.4 Å². The number of benzene rings is 1. The average molecular weight is 454 g/mol. The van der Waals surface area contributed by atoms with E-state index in [-0.39, 0.29) is 11.3 Å². The Hall–Kier alpha value is -1.71. The van der Waals surface area contributed by atoms with Crippen molar-refractivity contribution in [1.29, 1.82) is 4.78 Å². The fourth-order valence-electron chi connectivity index (χ4n) is 2.37. The third kappa shape index (κ3) is 4.77. The third-order valence-corrected chi connectivity index (χ3v) is 7.57. The molecule has 0 spiro atoms. The second-order valence-corrected chi connectivity index (χ2v) is 10.6. The first-order valence-electron chi connectivity index (χ1n) is 8.73. The summed E-state index contributed by atoms with van der Waals surface area (Å²) in [7, 11) is -2.69. The van der Waals surface area contributed by atoms with Gasteiger partial charge in [-0.1, -0.05) is 0 Å². The van der Waals surface area contributed by atoms with Gasteiger partial charge in [-0.15, -0.1) is 0 Å². The number of anilines is 3. The van der Waals surface area contributed by atoms with E-state index in [0.717, 1.165) is 18.5 Å². The van der Waals surface area contributed by atoms with Gasteiger partial charge < -0.3 is 15.7 Å². The van der Waals surface area contributed by atoms with Crippen LogP contribution in [0, 0.1) is 4.78 Å². The Morgan fingerprint density at radius 3 is 2.52 bits per heavy atom. The molecular formula is C18H24BrN5O2S. The second-order valence-electron chi connectivity index (χ2n) is 7.36. The normalized spacial score (nSPS) is 17.8. The zero-order valence-corrected chi connectivity index (χ0v) is 17.9. The fourth-order valence-corrected chi connectivity index (χ4v) is 4.40. The van der Waals surface area contributed by atoms with Crippen LogP contribution in [0.2, 0.25) is 0 Å². The molecule has 7 nitrogen and oxygen atoms in total. The number of aliphatic hydroxyl groups is 1. The molecule has 4 N–H and O–H groups in total. The molecule has 146 valence electrons. The van der Waals surface area contributed by atoms with Crippen molar-refractivity contribution in [2.75, 3.05) is 10.6 Å². The van der Waals surface area contributed by atoms with Crippen LogP contribution in [0.15, 0.2) is 39.8 Å². The minimum absolute atomic E-state index is 0.00230. The van der Waals surface area contributed by atoms with Gasteiger partial charge in [0.25, 0.3) is 0 Å². The minimum Gasteiger partial charge on any atom is -0.388 e. The lowest BCUT2D eigenvalue weighted by atomic mass is 10.0. The van der Waals surface area contributed by atoms with Gasteiger partial charge in [0.2, 0.25) is 5.95 Å². The molecule has 3 rings (SSSR count). The van der Waals surface area contributed by atoms with Crippen LogP contribution in [-0.4, -0.2) is 36.2 Å². The Labute approximate surface area is 168 Å². The molecular weight excluding hydrogens is 430 g/mol. The summed E-state index contributed by atoms with van der Waals surface area (Å²) in [5.74, 6) is 0.965. The highest BCUT2D eigenvalue weighted by atomic mass is 79.9. The number of hydrogen-bond acceptors (Lipinski definition) is 7. The van der Waals surface area contributed by atoms with Crippen LogP contribution in [0.4, 0.5) is 17.5 Å². The first-order chi connectivity index (χ1) is 12.6. The Kier molecular flexibility index (Phi) is 5.47. The average Bonchev–Trinajstić information content (AvgIpc) is 3.43. The summed E-state index contributed by atoms with van der Waals surface area (Å²) >= 11 is 3.41. The predicted molar refractivity (Wildman–Crippen MR) is 111 cm³/mol. The molecule has 1 aromatic heterocycles. The van der Waals surface area contributed by atoms with Crippen molar-refractivity contribution in [3.05, 3.63) is 34.9 Å². The molecule has 9 heteroatoms. The molecule has 27 heavy (non-hydrogen) atoms. The summed E-state index contributed by atoms with van der Waals surface area (Å²) in [6, 6.07) is 6.80. The van der Waals surface area contributed by atoms with E-state index in [1.54, 1.807) is 44.3 Å². The minimum atomic E-state index is -2.69. The van der Waals surface area contributed by atoms with Gasteiger partial charge in [0, 0.05) is 22.0 Å². The highest BCUT2D eigenvalue weighted by Gasteiger charge is 2.33. The summed E-state index contributed by atoms with van der Waals surface area (Å²) in [5, 5.41) is 16.4. The van der Waals surface area contributed by atoms with Gasteiger partial charge in [-0.3, -0.25) is 0 Å².